The maximum atomic E-state index is 8.59. The minimum Gasteiger partial charge on any atom is 2.00 e. The zero-order chi connectivity index (χ0) is 4.50. The first-order valence-corrected chi connectivity index (χ1v) is 2.75. The molecule has 0 saturated carbocycles. The molecule has 0 aromatic rings. The minimum atomic E-state index is -5.75. The van der Waals surface area contributed by atoms with Crippen molar-refractivity contribution in [2.45, 2.75) is 0 Å². The summed E-state index contributed by atoms with van der Waals surface area (Å²) in [5.41, 5.74) is 0. The van der Waals surface area contributed by atoms with E-state index in [1.165, 1.54) is 0 Å². The summed E-state index contributed by atoms with van der Waals surface area (Å²) >= 11 is -5.75. The summed E-state index contributed by atoms with van der Waals surface area (Å²) < 4.78 is 34.4. The van der Waals surface area contributed by atoms with Crippen molar-refractivity contribution >= 4 is 17.4 Å². The Kier molecular flexibility index (Phi) is 24.6. The molecule has 0 amide bonds. The van der Waals surface area contributed by atoms with E-state index in [-0.39, 0.29) is 53.6 Å². The first kappa shape index (κ1) is 22.6. The zero-order valence-corrected chi connectivity index (χ0v) is 10.1. The summed E-state index contributed by atoms with van der Waals surface area (Å²) in [6, 6.07) is 0. The van der Waals surface area contributed by atoms with E-state index in [2.05, 4.69) is 0 Å². The van der Waals surface area contributed by atoms with Gasteiger partial charge in [0.25, 0.3) is 0 Å². The summed E-state index contributed by atoms with van der Waals surface area (Å²) in [6.45, 7) is 0. The Morgan fingerprint density at radius 2 is 1.12 bits per heavy atom. The van der Waals surface area contributed by atoms with Crippen molar-refractivity contribution < 1.29 is 65.8 Å². The minimum absolute atomic E-state index is 0. The van der Waals surface area contributed by atoms with Gasteiger partial charge in [0.05, 0.1) is 0 Å². The van der Waals surface area contributed by atoms with Crippen LogP contribution in [-0.4, -0.2) is 17.4 Å². The van der Waals surface area contributed by atoms with E-state index in [0.29, 0.717) is 0 Å². The Labute approximate surface area is 82.5 Å². The van der Waals surface area contributed by atoms with Gasteiger partial charge in [-0.3, -0.25) is 0 Å². The second-order valence-corrected chi connectivity index (χ2v) is 1.68. The number of hydrogen-bond donors (Lipinski definition) is 0. The molecule has 0 aromatic heterocycles. The predicted octanol–water partition coefficient (Wildman–Crippen LogP) is -3.00. The van der Waals surface area contributed by atoms with Crippen molar-refractivity contribution in [3.63, 3.8) is 0 Å². The Bertz CT molecular complexity index is 99.2. The van der Waals surface area contributed by atoms with Crippen LogP contribution in [-0.2, 0) is 57.5 Å². The molecule has 39 valence electrons. The first-order chi connectivity index (χ1) is 2.00. The van der Waals surface area contributed by atoms with Crippen LogP contribution in [0.2, 0.25) is 0 Å². The molecule has 4 nitrogen and oxygen atoms in total. The molecule has 0 N–H and O–H groups in total. The summed E-state index contributed by atoms with van der Waals surface area (Å²) in [5.74, 6) is 0. The number of hydrogen-bond acceptors (Lipinski definition) is 4. The second-order valence-electron chi connectivity index (χ2n) is 0.408. The van der Waals surface area contributed by atoms with Crippen molar-refractivity contribution in [1.29, 1.82) is 0 Å². The van der Waals surface area contributed by atoms with Crippen LogP contribution in [0.5, 0.6) is 0 Å². The predicted molar refractivity (Wildman–Crippen MR) is 7.13 cm³/mol. The van der Waals surface area contributed by atoms with E-state index < -0.39 is 13.6 Å². The molecule has 0 spiro atoms. The first-order valence-electron chi connectivity index (χ1n) is 0.667. The molecule has 8 heavy (non-hydrogen) atoms. The maximum Gasteiger partial charge on any atom is 2.00 e. The van der Waals surface area contributed by atoms with Gasteiger partial charge in [0, 0.05) is 0 Å². The van der Waals surface area contributed by atoms with Gasteiger partial charge in [0.15, 0.2) is 0 Å². The van der Waals surface area contributed by atoms with Crippen LogP contribution < -0.4 is 8.32 Å². The average Bonchev–Trinajstić information content (AvgIpc) is 0.722. The van der Waals surface area contributed by atoms with E-state index in [4.69, 9.17) is 15.9 Å². The standard InChI is InChI=1S/Al.Co.Cr.4O.Zn/q+3;+2;;;;2*-1;+2. The van der Waals surface area contributed by atoms with Gasteiger partial charge in [-0.2, -0.15) is 0 Å². The Morgan fingerprint density at radius 1 is 1.12 bits per heavy atom. The molecule has 0 unspecified atom stereocenters. The summed E-state index contributed by atoms with van der Waals surface area (Å²) in [5, 5.41) is 0. The largest absolute Gasteiger partial charge is 2.00 e. The van der Waals surface area contributed by atoms with Gasteiger partial charge in [-0.15, -0.1) is 0 Å². The van der Waals surface area contributed by atoms with Crippen molar-refractivity contribution in [3.05, 3.63) is 0 Å². The molecule has 0 aliphatic carbocycles. The van der Waals surface area contributed by atoms with Crippen LogP contribution in [0.1, 0.15) is 0 Å². The molecule has 0 saturated heterocycles. The van der Waals surface area contributed by atoms with E-state index in [9.17, 15) is 0 Å². The van der Waals surface area contributed by atoms with Crippen LogP contribution in [0.4, 0.5) is 0 Å². The van der Waals surface area contributed by atoms with Gasteiger partial charge in [0.1, 0.15) is 0 Å². The molecule has 1 radical (unpaired) electrons. The van der Waals surface area contributed by atoms with Crippen molar-refractivity contribution in [2.75, 3.05) is 0 Å². The molecule has 8 heteroatoms. The molecular weight excluding hydrogens is 267 g/mol. The molecule has 0 aliphatic rings. The molecule has 0 aromatic carbocycles. The van der Waals surface area contributed by atoms with Gasteiger partial charge < -0.3 is 0 Å². The monoisotopic (exact) mass is 266 g/mol. The normalized spacial score (nSPS) is 7.25. The van der Waals surface area contributed by atoms with Crippen LogP contribution in [0, 0.1) is 0 Å². The van der Waals surface area contributed by atoms with Crippen LogP contribution >= 0.6 is 0 Å². The topological polar surface area (TPSA) is 80.3 Å². The van der Waals surface area contributed by atoms with E-state index >= 15 is 0 Å². The molecule has 0 rings (SSSR count). The quantitative estimate of drug-likeness (QED) is 0.438. The maximum absolute atomic E-state index is 8.59. The van der Waals surface area contributed by atoms with Gasteiger partial charge in [0.2, 0.25) is 0 Å². The molecule has 0 aliphatic heterocycles. The van der Waals surface area contributed by atoms with Gasteiger partial charge >= 0.3 is 83.2 Å². The molecule has 0 heterocycles. The van der Waals surface area contributed by atoms with Crippen molar-refractivity contribution in [2.24, 2.45) is 0 Å². The van der Waals surface area contributed by atoms with Gasteiger partial charge in [-0.1, -0.05) is 0 Å². The summed E-state index contributed by atoms with van der Waals surface area (Å²) in [7, 11) is 0. The molecule has 0 fully saturated rings. The van der Waals surface area contributed by atoms with E-state index in [1.807, 2.05) is 0 Å². The van der Waals surface area contributed by atoms with Crippen molar-refractivity contribution in [1.82, 2.24) is 0 Å². The Hall–Kier alpha value is 1.71. The van der Waals surface area contributed by atoms with Crippen molar-refractivity contribution in [3.8, 4) is 0 Å². The van der Waals surface area contributed by atoms with Crippen LogP contribution in [0.25, 0.3) is 0 Å². The third-order valence-electron chi connectivity index (χ3n) is 0. The smallest absolute Gasteiger partial charge is 2.00 e. The fraction of sp³-hybridized carbons (Fsp3) is 0. The van der Waals surface area contributed by atoms with Crippen LogP contribution in [0.15, 0.2) is 0 Å². The summed E-state index contributed by atoms with van der Waals surface area (Å²) in [4.78, 5) is 0. The molecule has 0 bridgehead atoms. The van der Waals surface area contributed by atoms with Crippen LogP contribution in [0.3, 0.4) is 0 Å². The number of rotatable bonds is 0. The fourth-order valence-corrected chi connectivity index (χ4v) is 0. The summed E-state index contributed by atoms with van der Waals surface area (Å²) in [6.07, 6.45) is 0. The molecular formula is AlCoCrO4Zn+5. The average molecular weight is 267 g/mol. The third kappa shape index (κ3) is 118. The zero-order valence-electron chi connectivity index (χ0n) is 3.66. The van der Waals surface area contributed by atoms with E-state index in [0.717, 1.165) is 0 Å². The van der Waals surface area contributed by atoms with Gasteiger partial charge in [-0.05, 0) is 0 Å². The molecule has 0 atom stereocenters. The van der Waals surface area contributed by atoms with Gasteiger partial charge in [-0.25, -0.2) is 0 Å². The fourth-order valence-electron chi connectivity index (χ4n) is 0. The Morgan fingerprint density at radius 3 is 1.12 bits per heavy atom. The second kappa shape index (κ2) is 8.71. The third-order valence-corrected chi connectivity index (χ3v) is 0. The SMILES string of the molecule is [Al+3].[Co+2].[O]=[Cr](=[O])([O-])[O-].[Zn+2]. The van der Waals surface area contributed by atoms with E-state index in [1.54, 1.807) is 0 Å². The Balaban J connectivity index is -0.0000000267.